The van der Waals surface area contributed by atoms with Gasteiger partial charge in [-0.3, -0.25) is 4.79 Å². The van der Waals surface area contributed by atoms with Crippen LogP contribution in [0.25, 0.3) is 0 Å². The number of anilines is 1. The quantitative estimate of drug-likeness (QED) is 0.849. The van der Waals surface area contributed by atoms with Crippen LogP contribution >= 0.6 is 11.3 Å². The van der Waals surface area contributed by atoms with Crippen molar-refractivity contribution in [3.63, 3.8) is 0 Å². The van der Waals surface area contributed by atoms with Gasteiger partial charge in [0.15, 0.2) is 5.82 Å². The lowest BCUT2D eigenvalue weighted by Crippen LogP contribution is -2.51. The lowest BCUT2D eigenvalue weighted by atomic mass is 10.1. The van der Waals surface area contributed by atoms with Gasteiger partial charge < -0.3 is 20.1 Å². The van der Waals surface area contributed by atoms with Gasteiger partial charge in [0.2, 0.25) is 0 Å². The van der Waals surface area contributed by atoms with Gasteiger partial charge in [-0.1, -0.05) is 0 Å². The van der Waals surface area contributed by atoms with Gasteiger partial charge in [0.1, 0.15) is 0 Å². The molecule has 3 heterocycles. The van der Waals surface area contributed by atoms with Crippen LogP contribution in [0.15, 0.2) is 28.1 Å². The van der Waals surface area contributed by atoms with E-state index in [1.165, 1.54) is 15.9 Å². The molecule has 2 aromatic heterocycles. The number of aromatic nitrogens is 3. The molecule has 1 aliphatic heterocycles. The zero-order valence-corrected chi connectivity index (χ0v) is 14.3. The van der Waals surface area contributed by atoms with Crippen molar-refractivity contribution in [1.82, 2.24) is 25.2 Å². The average Bonchev–Trinajstić information content (AvgIpc) is 3.09. The molecule has 128 valence electrons. The first-order chi connectivity index (χ1) is 11.6. The number of thiazole rings is 1. The third-order valence-electron chi connectivity index (χ3n) is 3.97. The Hall–Kier alpha value is -2.42. The Morgan fingerprint density at radius 1 is 1.46 bits per heavy atom. The van der Waals surface area contributed by atoms with E-state index in [2.05, 4.69) is 20.6 Å². The molecule has 1 saturated heterocycles. The highest BCUT2D eigenvalue weighted by molar-refractivity contribution is 7.07. The van der Waals surface area contributed by atoms with Crippen LogP contribution in [0.2, 0.25) is 0 Å². The van der Waals surface area contributed by atoms with E-state index in [-0.39, 0.29) is 17.6 Å². The minimum absolute atomic E-state index is 0.0131. The number of aryl methyl sites for hydroxylation is 1. The predicted molar refractivity (Wildman–Crippen MR) is 92.2 cm³/mol. The second-order valence-electron chi connectivity index (χ2n) is 5.76. The number of hydrogen-bond acceptors (Lipinski definition) is 6. The Bertz CT molecular complexity index is 745. The third kappa shape index (κ3) is 3.91. The van der Waals surface area contributed by atoms with Gasteiger partial charge in [-0.2, -0.15) is 0 Å². The fraction of sp³-hybridized carbons (Fsp3) is 0.467. The maximum absolute atomic E-state index is 12.2. The van der Waals surface area contributed by atoms with Crippen molar-refractivity contribution < 1.29 is 4.79 Å². The molecule has 9 heteroatoms. The van der Waals surface area contributed by atoms with Gasteiger partial charge >= 0.3 is 6.03 Å². The van der Waals surface area contributed by atoms with Crippen molar-refractivity contribution in [3.05, 3.63) is 39.3 Å². The average molecular weight is 348 g/mol. The number of rotatable bonds is 4. The van der Waals surface area contributed by atoms with Crippen LogP contribution in [0, 0.1) is 0 Å². The standard InChI is InChI=1S/C15H20N6O2S/c1-20-6-4-16-13(14(20)22)21-5-2-3-11(8-21)19-15(23)17-7-12-9-24-10-18-12/h4,6,9-11H,2-3,5,7-8H2,1H3,(H2,17,19,23). The second-order valence-corrected chi connectivity index (χ2v) is 6.48. The Balaban J connectivity index is 1.56. The first-order valence-corrected chi connectivity index (χ1v) is 8.76. The second kappa shape index (κ2) is 7.43. The number of hydrogen-bond donors (Lipinski definition) is 2. The summed E-state index contributed by atoms with van der Waals surface area (Å²) in [6, 6.07) is -0.232. The molecule has 0 radical (unpaired) electrons. The van der Waals surface area contributed by atoms with Crippen molar-refractivity contribution in [2.24, 2.45) is 7.05 Å². The maximum Gasteiger partial charge on any atom is 0.315 e. The van der Waals surface area contributed by atoms with Crippen LogP contribution in [-0.2, 0) is 13.6 Å². The van der Waals surface area contributed by atoms with E-state index in [9.17, 15) is 9.59 Å². The molecule has 1 aliphatic rings. The van der Waals surface area contributed by atoms with Crippen LogP contribution < -0.4 is 21.1 Å². The molecule has 24 heavy (non-hydrogen) atoms. The lowest BCUT2D eigenvalue weighted by Gasteiger charge is -2.33. The molecule has 1 atom stereocenters. The van der Waals surface area contributed by atoms with Crippen LogP contribution in [0.3, 0.4) is 0 Å². The van der Waals surface area contributed by atoms with Crippen LogP contribution in [-0.4, -0.2) is 39.7 Å². The number of piperidine rings is 1. The van der Waals surface area contributed by atoms with E-state index in [1.54, 1.807) is 25.0 Å². The first-order valence-electron chi connectivity index (χ1n) is 7.81. The number of carbonyl (C=O) groups is 1. The fourth-order valence-electron chi connectivity index (χ4n) is 2.72. The number of nitrogens with one attached hydrogen (secondary N) is 2. The zero-order valence-electron chi connectivity index (χ0n) is 13.4. The Kier molecular flexibility index (Phi) is 5.09. The number of amides is 2. The van der Waals surface area contributed by atoms with Gasteiger partial charge in [0.05, 0.1) is 17.7 Å². The van der Waals surface area contributed by atoms with E-state index in [4.69, 9.17) is 0 Å². The molecule has 1 unspecified atom stereocenters. The van der Waals surface area contributed by atoms with E-state index >= 15 is 0 Å². The van der Waals surface area contributed by atoms with Gasteiger partial charge in [-0.05, 0) is 12.8 Å². The normalized spacial score (nSPS) is 17.5. The summed E-state index contributed by atoms with van der Waals surface area (Å²) in [5.41, 5.74) is 2.46. The third-order valence-corrected chi connectivity index (χ3v) is 4.60. The molecule has 2 N–H and O–H groups in total. The van der Waals surface area contributed by atoms with Crippen molar-refractivity contribution >= 4 is 23.2 Å². The summed E-state index contributed by atoms with van der Waals surface area (Å²) in [7, 11) is 1.71. The van der Waals surface area contributed by atoms with Gasteiger partial charge in [-0.15, -0.1) is 11.3 Å². The molecule has 0 aromatic carbocycles. The summed E-state index contributed by atoms with van der Waals surface area (Å²) in [5.74, 6) is 0.439. The maximum atomic E-state index is 12.2. The number of nitrogens with zero attached hydrogens (tertiary/aromatic N) is 4. The minimum atomic E-state index is -0.219. The topological polar surface area (TPSA) is 92.2 Å². The van der Waals surface area contributed by atoms with Crippen LogP contribution in [0.4, 0.5) is 10.6 Å². The highest BCUT2D eigenvalue weighted by Gasteiger charge is 2.24. The van der Waals surface area contributed by atoms with E-state index < -0.39 is 0 Å². The molecule has 0 bridgehead atoms. The van der Waals surface area contributed by atoms with Crippen molar-refractivity contribution in [1.29, 1.82) is 0 Å². The summed E-state index contributed by atoms with van der Waals surface area (Å²) in [5, 5.41) is 7.67. The Labute approximate surface area is 143 Å². The molecule has 0 saturated carbocycles. The monoisotopic (exact) mass is 348 g/mol. The lowest BCUT2D eigenvalue weighted by molar-refractivity contribution is 0.234. The molecule has 3 rings (SSSR count). The molecule has 0 aliphatic carbocycles. The van der Waals surface area contributed by atoms with Gasteiger partial charge in [-0.25, -0.2) is 14.8 Å². The smallest absolute Gasteiger partial charge is 0.315 e. The molecule has 8 nitrogen and oxygen atoms in total. The Morgan fingerprint density at radius 3 is 3.12 bits per heavy atom. The van der Waals surface area contributed by atoms with Crippen molar-refractivity contribution in [3.8, 4) is 0 Å². The number of carbonyl (C=O) groups excluding carboxylic acids is 1. The van der Waals surface area contributed by atoms with E-state index in [1.807, 2.05) is 10.3 Å². The SMILES string of the molecule is Cn1ccnc(N2CCCC(NC(=O)NCc3cscn3)C2)c1=O. The first kappa shape index (κ1) is 16.4. The summed E-state index contributed by atoms with van der Waals surface area (Å²) < 4.78 is 1.51. The Morgan fingerprint density at radius 2 is 2.33 bits per heavy atom. The highest BCUT2D eigenvalue weighted by Crippen LogP contribution is 2.14. The molecule has 2 amide bonds. The number of urea groups is 1. The zero-order chi connectivity index (χ0) is 16.9. The predicted octanol–water partition coefficient (Wildman–Crippen LogP) is 0.705. The largest absolute Gasteiger partial charge is 0.350 e. The summed E-state index contributed by atoms with van der Waals surface area (Å²) in [4.78, 5) is 34.5. The van der Waals surface area contributed by atoms with Crippen LogP contribution in [0.1, 0.15) is 18.5 Å². The van der Waals surface area contributed by atoms with Gasteiger partial charge in [0.25, 0.3) is 5.56 Å². The van der Waals surface area contributed by atoms with E-state index in [0.717, 1.165) is 25.1 Å². The molecular weight excluding hydrogens is 328 g/mol. The minimum Gasteiger partial charge on any atom is -0.350 e. The summed E-state index contributed by atoms with van der Waals surface area (Å²) >= 11 is 1.50. The fourth-order valence-corrected chi connectivity index (χ4v) is 3.28. The van der Waals surface area contributed by atoms with Crippen molar-refractivity contribution in [2.75, 3.05) is 18.0 Å². The molecule has 1 fully saturated rings. The summed E-state index contributed by atoms with van der Waals surface area (Å²) in [6.45, 7) is 1.76. The highest BCUT2D eigenvalue weighted by atomic mass is 32.1. The van der Waals surface area contributed by atoms with Crippen LogP contribution in [0.5, 0.6) is 0 Å². The molecule has 0 spiro atoms. The molecule has 2 aromatic rings. The van der Waals surface area contributed by atoms with Gasteiger partial charge in [0, 0.05) is 44.0 Å². The van der Waals surface area contributed by atoms with E-state index in [0.29, 0.717) is 18.9 Å². The molecular formula is C15H20N6O2S. The summed E-state index contributed by atoms with van der Waals surface area (Å²) in [6.07, 6.45) is 5.04. The van der Waals surface area contributed by atoms with Crippen molar-refractivity contribution in [2.45, 2.75) is 25.4 Å².